The fourth-order valence-electron chi connectivity index (χ4n) is 4.44. The first-order valence-corrected chi connectivity index (χ1v) is 16.6. The van der Waals surface area contributed by atoms with Crippen molar-refractivity contribution in [1.29, 1.82) is 0 Å². The number of likely N-dealkylation sites (N-methyl/N-ethyl adjacent to an activating group) is 1. The van der Waals surface area contributed by atoms with Gasteiger partial charge in [-0.15, -0.1) is 0 Å². The summed E-state index contributed by atoms with van der Waals surface area (Å²) in [4.78, 5) is 12.2. The van der Waals surface area contributed by atoms with Gasteiger partial charge in [0.25, 0.3) is 0 Å². The number of unbranched alkanes of at least 4 members (excludes halogenated alkanes) is 3. The third kappa shape index (κ3) is 18.4. The molecule has 0 aromatic heterocycles. The molecule has 0 aromatic carbocycles. The van der Waals surface area contributed by atoms with Crippen molar-refractivity contribution in [1.82, 2.24) is 0 Å². The van der Waals surface area contributed by atoms with Crippen molar-refractivity contribution >= 4 is 13.8 Å². The van der Waals surface area contributed by atoms with E-state index in [1.165, 1.54) is 36.5 Å². The molecule has 0 spiro atoms. The van der Waals surface area contributed by atoms with E-state index in [0.717, 1.165) is 36.8 Å². The van der Waals surface area contributed by atoms with E-state index in [1.807, 2.05) is 46.3 Å². The van der Waals surface area contributed by atoms with Gasteiger partial charge in [-0.25, -0.2) is 9.36 Å². The van der Waals surface area contributed by atoms with E-state index in [4.69, 9.17) is 18.3 Å². The molecule has 0 N–H and O–H groups in total. The zero-order valence-electron chi connectivity index (χ0n) is 27.7. The van der Waals surface area contributed by atoms with Crippen LogP contribution in [0, 0.1) is 5.41 Å². The van der Waals surface area contributed by atoms with E-state index >= 15 is 0 Å². The number of hydrogen-bond acceptors (Lipinski definition) is 6. The van der Waals surface area contributed by atoms with E-state index < -0.39 is 13.8 Å². The van der Waals surface area contributed by atoms with E-state index in [1.54, 1.807) is 0 Å². The molecule has 0 saturated heterocycles. The van der Waals surface area contributed by atoms with Crippen molar-refractivity contribution in [2.45, 2.75) is 86.5 Å². The van der Waals surface area contributed by atoms with Crippen molar-refractivity contribution in [3.8, 4) is 0 Å². The summed E-state index contributed by atoms with van der Waals surface area (Å²) in [6, 6.07) is 0. The first-order valence-electron chi connectivity index (χ1n) is 15.1. The van der Waals surface area contributed by atoms with Gasteiger partial charge in [-0.2, -0.15) is 0 Å². The van der Waals surface area contributed by atoms with Crippen LogP contribution in [-0.4, -0.2) is 64.6 Å². The highest BCUT2D eigenvalue weighted by atomic mass is 79.9. The normalized spacial score (nSPS) is 17.9. The zero-order valence-corrected chi connectivity index (χ0v) is 30.2. The average molecular weight is 675 g/mol. The zero-order chi connectivity index (χ0) is 30.9. The molecule has 0 radical (unpaired) electrons. The minimum Gasteiger partial charge on any atom is -1.00 e. The molecule has 0 aliphatic heterocycles. The molecule has 1 aliphatic rings. The van der Waals surface area contributed by atoms with Gasteiger partial charge in [0.05, 0.1) is 34.4 Å². The summed E-state index contributed by atoms with van der Waals surface area (Å²) in [7, 11) is 2.34. The molecule has 0 fully saturated rings. The van der Waals surface area contributed by atoms with Crippen LogP contribution in [0.15, 0.2) is 58.7 Å². The number of nitrogens with zero attached hydrogens (tertiary/aromatic N) is 1. The number of esters is 1. The monoisotopic (exact) mass is 673 g/mol. The number of halogens is 1. The summed E-state index contributed by atoms with van der Waals surface area (Å²) in [5.41, 5.74) is 5.04. The SMILES string of the molecule is CCCCCCOP(=O)(OCCOC(=O)/C=C(C)/C=C/C=C(C)/C=C/C1=C(C)CCCC1(C)C)OCC[N+](C)(C)C.[Br-]. The van der Waals surface area contributed by atoms with Crippen LogP contribution in [0.4, 0.5) is 0 Å². The number of quaternary nitrogens is 1. The molecule has 9 heteroatoms. The van der Waals surface area contributed by atoms with Gasteiger partial charge in [0, 0.05) is 6.08 Å². The Morgan fingerprint density at radius 3 is 2.26 bits per heavy atom. The second-order valence-electron chi connectivity index (χ2n) is 12.6. The Morgan fingerprint density at radius 1 is 0.952 bits per heavy atom. The molecule has 1 unspecified atom stereocenters. The maximum Gasteiger partial charge on any atom is 0.475 e. The Balaban J connectivity index is 0.0000168. The molecule has 42 heavy (non-hydrogen) atoms. The highest BCUT2D eigenvalue weighted by Gasteiger charge is 2.28. The van der Waals surface area contributed by atoms with Crippen molar-refractivity contribution in [3.05, 3.63) is 58.7 Å². The third-order valence-electron chi connectivity index (χ3n) is 6.95. The van der Waals surface area contributed by atoms with Crippen LogP contribution in [0.25, 0.3) is 0 Å². The van der Waals surface area contributed by atoms with Gasteiger partial charge in [-0.1, -0.05) is 81.6 Å². The van der Waals surface area contributed by atoms with Gasteiger partial charge >= 0.3 is 13.8 Å². The van der Waals surface area contributed by atoms with Crippen LogP contribution in [0.2, 0.25) is 0 Å². The molecule has 0 saturated carbocycles. The lowest BCUT2D eigenvalue weighted by Gasteiger charge is -2.32. The Hall–Kier alpha value is -1.28. The largest absolute Gasteiger partial charge is 1.00 e. The number of hydrogen-bond donors (Lipinski definition) is 0. The molecule has 0 amide bonds. The maximum absolute atomic E-state index is 13.1. The van der Waals surface area contributed by atoms with Gasteiger partial charge in [0.15, 0.2) is 0 Å². The van der Waals surface area contributed by atoms with Crippen LogP contribution in [-0.2, 0) is 27.7 Å². The Labute approximate surface area is 267 Å². The Kier molecular flexibility index (Phi) is 20.0. The number of phosphoric acid groups is 1. The van der Waals surface area contributed by atoms with Gasteiger partial charge in [-0.3, -0.25) is 13.6 Å². The highest BCUT2D eigenvalue weighted by Crippen LogP contribution is 2.49. The van der Waals surface area contributed by atoms with Gasteiger partial charge in [-0.05, 0) is 63.0 Å². The van der Waals surface area contributed by atoms with Crippen molar-refractivity contribution in [3.63, 3.8) is 0 Å². The van der Waals surface area contributed by atoms with E-state index in [9.17, 15) is 9.36 Å². The quantitative estimate of drug-likeness (QED) is 0.0450. The van der Waals surface area contributed by atoms with Crippen LogP contribution in [0.3, 0.4) is 0 Å². The first-order chi connectivity index (χ1) is 19.2. The van der Waals surface area contributed by atoms with Crippen molar-refractivity contribution in [2.24, 2.45) is 5.41 Å². The molecule has 0 aromatic rings. The summed E-state index contributed by atoms with van der Waals surface area (Å²) in [6.45, 7) is 14.0. The fourth-order valence-corrected chi connectivity index (χ4v) is 5.62. The lowest BCUT2D eigenvalue weighted by molar-refractivity contribution is -0.870. The van der Waals surface area contributed by atoms with E-state index in [0.29, 0.717) is 17.6 Å². The minimum atomic E-state index is -3.73. The second kappa shape index (κ2) is 20.6. The summed E-state index contributed by atoms with van der Waals surface area (Å²) < 4.78 is 35.5. The average Bonchev–Trinajstić information content (AvgIpc) is 2.85. The molecule has 1 aliphatic carbocycles. The van der Waals surface area contributed by atoms with Gasteiger partial charge < -0.3 is 26.2 Å². The third-order valence-corrected chi connectivity index (χ3v) is 8.45. The molecule has 0 bridgehead atoms. The first kappa shape index (κ1) is 40.7. The number of allylic oxidation sites excluding steroid dienone is 9. The number of ether oxygens (including phenoxy) is 1. The van der Waals surface area contributed by atoms with Crippen LogP contribution in [0.5, 0.6) is 0 Å². The topological polar surface area (TPSA) is 71.1 Å². The van der Waals surface area contributed by atoms with Crippen LogP contribution >= 0.6 is 7.82 Å². The molecule has 242 valence electrons. The number of phosphoric ester groups is 1. The highest BCUT2D eigenvalue weighted by molar-refractivity contribution is 7.48. The summed E-state index contributed by atoms with van der Waals surface area (Å²) in [6.07, 6.45) is 19.3. The van der Waals surface area contributed by atoms with Crippen molar-refractivity contribution in [2.75, 3.05) is 54.1 Å². The smallest absolute Gasteiger partial charge is 0.475 e. The summed E-state index contributed by atoms with van der Waals surface area (Å²) in [5, 5.41) is 0. The predicted octanol–water partition coefficient (Wildman–Crippen LogP) is 5.51. The van der Waals surface area contributed by atoms with Gasteiger partial charge in [0.1, 0.15) is 19.8 Å². The molecule has 0 heterocycles. The number of rotatable bonds is 19. The van der Waals surface area contributed by atoms with E-state index in [-0.39, 0.29) is 42.2 Å². The number of carbonyl (C=O) groups is 1. The predicted molar refractivity (Wildman–Crippen MR) is 170 cm³/mol. The molecule has 1 rings (SSSR count). The Morgan fingerprint density at radius 2 is 1.62 bits per heavy atom. The lowest BCUT2D eigenvalue weighted by Crippen LogP contribution is -3.00. The maximum atomic E-state index is 13.1. The second-order valence-corrected chi connectivity index (χ2v) is 14.3. The summed E-state index contributed by atoms with van der Waals surface area (Å²) >= 11 is 0. The standard InChI is InChI=1S/C33H57NO6P.BrH/c1-10-11-12-13-23-38-41(36,39-24-22-34(7,8)9)40-26-25-37-32(35)27-29(3)17-14-16-28(2)19-20-31-30(4)18-15-21-33(31,5)6;/h14,16-17,19-20,27H,10-13,15,18,21-26H2,1-9H3;1H/q+1;/p-1/b17-14+,20-19+,28-16+,29-27+;. The fraction of sp³-hybridized carbons (Fsp3) is 0.667. The van der Waals surface area contributed by atoms with Crippen LogP contribution < -0.4 is 17.0 Å². The van der Waals surface area contributed by atoms with E-state index in [2.05, 4.69) is 46.8 Å². The summed E-state index contributed by atoms with van der Waals surface area (Å²) in [5.74, 6) is -0.487. The Bertz CT molecular complexity index is 1020. The molecular weight excluding hydrogens is 617 g/mol. The van der Waals surface area contributed by atoms with Crippen molar-refractivity contribution < 1.29 is 49.1 Å². The van der Waals surface area contributed by atoms with Crippen LogP contribution in [0.1, 0.15) is 86.5 Å². The molecule has 7 nitrogen and oxygen atoms in total. The molecular formula is C33H57BrNO6P. The van der Waals surface area contributed by atoms with Gasteiger partial charge in [0.2, 0.25) is 0 Å². The lowest BCUT2D eigenvalue weighted by atomic mass is 9.72. The minimum absolute atomic E-state index is 0. The number of carbonyl (C=O) groups excluding carboxylic acids is 1. The molecule has 1 atom stereocenters.